The highest BCUT2D eigenvalue weighted by Gasteiger charge is 2.26. The van der Waals surface area contributed by atoms with Crippen molar-refractivity contribution in [3.8, 4) is 0 Å². The van der Waals surface area contributed by atoms with E-state index in [4.69, 9.17) is 23.2 Å². The van der Waals surface area contributed by atoms with Crippen LogP contribution in [0.15, 0.2) is 77.7 Å². The molecule has 3 rings (SSSR count). The third-order valence-electron chi connectivity index (χ3n) is 4.42. The van der Waals surface area contributed by atoms with Gasteiger partial charge in [0.05, 0.1) is 15.6 Å². The van der Waals surface area contributed by atoms with Gasteiger partial charge in [-0.1, -0.05) is 71.2 Å². The summed E-state index contributed by atoms with van der Waals surface area (Å²) in [6.45, 7) is 1.87. The van der Waals surface area contributed by atoms with Gasteiger partial charge in [-0.25, -0.2) is 8.42 Å². The molecule has 0 bridgehead atoms. The number of hydrogen-bond acceptors (Lipinski definition) is 3. The molecule has 3 aromatic carbocycles. The predicted octanol–water partition coefficient (Wildman–Crippen LogP) is 4.83. The lowest BCUT2D eigenvalue weighted by molar-refractivity contribution is -0.117. The van der Waals surface area contributed by atoms with Gasteiger partial charge in [-0.2, -0.15) is 4.72 Å². The third-order valence-corrected chi connectivity index (χ3v) is 6.45. The summed E-state index contributed by atoms with van der Waals surface area (Å²) in [6, 6.07) is 19.2. The minimum absolute atomic E-state index is 0.0866. The third kappa shape index (κ3) is 5.83. The topological polar surface area (TPSA) is 75.3 Å². The summed E-state index contributed by atoms with van der Waals surface area (Å²) in [5.74, 6) is -0.529. The van der Waals surface area contributed by atoms with Gasteiger partial charge in [0.2, 0.25) is 15.9 Å². The van der Waals surface area contributed by atoms with Crippen molar-refractivity contribution in [1.29, 1.82) is 0 Å². The number of hydrogen-bond donors (Lipinski definition) is 2. The van der Waals surface area contributed by atoms with Gasteiger partial charge in [-0.15, -0.1) is 0 Å². The molecule has 2 N–H and O–H groups in total. The van der Waals surface area contributed by atoms with Gasteiger partial charge in [0.1, 0.15) is 6.04 Å². The molecule has 1 atom stereocenters. The molecule has 0 fully saturated rings. The molecule has 0 spiro atoms. The van der Waals surface area contributed by atoms with E-state index in [9.17, 15) is 13.2 Å². The van der Waals surface area contributed by atoms with Gasteiger partial charge in [0.25, 0.3) is 0 Å². The fraction of sp³-hybridized carbons (Fsp3) is 0.136. The fourth-order valence-electron chi connectivity index (χ4n) is 2.82. The highest BCUT2D eigenvalue weighted by molar-refractivity contribution is 7.89. The van der Waals surface area contributed by atoms with Crippen LogP contribution in [0.3, 0.4) is 0 Å². The molecule has 1 amide bonds. The van der Waals surface area contributed by atoms with Gasteiger partial charge in [-0.05, 0) is 49.2 Å². The van der Waals surface area contributed by atoms with Gasteiger partial charge >= 0.3 is 0 Å². The number of sulfonamides is 1. The number of carbonyl (C=O) groups excluding carboxylic acids is 1. The van der Waals surface area contributed by atoms with Crippen LogP contribution in [0.2, 0.25) is 10.0 Å². The molecule has 0 heterocycles. The van der Waals surface area contributed by atoms with Crippen LogP contribution in [0.1, 0.15) is 11.1 Å². The molecule has 30 heavy (non-hydrogen) atoms. The Hall–Kier alpha value is -2.38. The van der Waals surface area contributed by atoms with E-state index in [1.807, 2.05) is 37.3 Å². The number of rotatable bonds is 7. The predicted molar refractivity (Wildman–Crippen MR) is 121 cm³/mol. The lowest BCUT2D eigenvalue weighted by Crippen LogP contribution is -2.45. The van der Waals surface area contributed by atoms with E-state index in [-0.39, 0.29) is 16.3 Å². The quantitative estimate of drug-likeness (QED) is 0.527. The lowest BCUT2D eigenvalue weighted by Gasteiger charge is -2.19. The maximum Gasteiger partial charge on any atom is 0.242 e. The van der Waals surface area contributed by atoms with E-state index in [0.29, 0.717) is 10.7 Å². The minimum Gasteiger partial charge on any atom is -0.323 e. The van der Waals surface area contributed by atoms with Crippen molar-refractivity contribution in [2.45, 2.75) is 24.3 Å². The van der Waals surface area contributed by atoms with E-state index in [1.54, 1.807) is 24.3 Å². The molecule has 5 nitrogen and oxygen atoms in total. The number of anilines is 1. The first-order valence-corrected chi connectivity index (χ1v) is 11.4. The first-order chi connectivity index (χ1) is 14.2. The van der Waals surface area contributed by atoms with Crippen molar-refractivity contribution < 1.29 is 13.2 Å². The van der Waals surface area contributed by atoms with Crippen LogP contribution in [0.5, 0.6) is 0 Å². The van der Waals surface area contributed by atoms with Gasteiger partial charge in [0, 0.05) is 5.02 Å². The summed E-state index contributed by atoms with van der Waals surface area (Å²) < 4.78 is 28.3. The molecule has 1 unspecified atom stereocenters. The molecule has 0 aromatic heterocycles. The van der Waals surface area contributed by atoms with Crippen molar-refractivity contribution in [2.24, 2.45) is 0 Å². The Morgan fingerprint density at radius 2 is 1.63 bits per heavy atom. The summed E-state index contributed by atoms with van der Waals surface area (Å²) in [4.78, 5) is 13.1. The van der Waals surface area contributed by atoms with E-state index in [1.165, 1.54) is 18.2 Å². The Balaban J connectivity index is 1.87. The number of carbonyl (C=O) groups is 1. The van der Waals surface area contributed by atoms with Crippen LogP contribution >= 0.6 is 23.2 Å². The molecule has 0 radical (unpaired) electrons. The molecule has 8 heteroatoms. The molecule has 156 valence electrons. The molecule has 0 saturated heterocycles. The van der Waals surface area contributed by atoms with Crippen molar-refractivity contribution in [3.05, 3.63) is 94.0 Å². The number of halogens is 2. The fourth-order valence-corrected chi connectivity index (χ4v) is 4.47. The van der Waals surface area contributed by atoms with E-state index < -0.39 is 22.0 Å². The molecule has 0 aliphatic heterocycles. The standard InChI is InChI=1S/C22H20Cl2N2O3S/c1-15-7-10-18(11-8-15)30(28,29)26-21(13-16-5-3-2-4-6-16)22(27)25-20-12-9-17(23)14-19(20)24/h2-12,14,21,26H,13H2,1H3,(H,25,27). The van der Waals surface area contributed by atoms with Crippen molar-refractivity contribution in [3.63, 3.8) is 0 Å². The Bertz CT molecular complexity index is 1130. The molecule has 0 saturated carbocycles. The van der Waals surface area contributed by atoms with Crippen molar-refractivity contribution in [1.82, 2.24) is 4.72 Å². The summed E-state index contributed by atoms with van der Waals surface area (Å²) in [5.41, 5.74) is 2.09. The normalized spacial score (nSPS) is 12.4. The molecule has 0 aliphatic rings. The second-order valence-corrected chi connectivity index (χ2v) is 9.35. The average molecular weight is 463 g/mol. The second kappa shape index (κ2) is 9.62. The highest BCUT2D eigenvalue weighted by Crippen LogP contribution is 2.25. The van der Waals surface area contributed by atoms with E-state index in [2.05, 4.69) is 10.0 Å². The second-order valence-electron chi connectivity index (χ2n) is 6.79. The summed E-state index contributed by atoms with van der Waals surface area (Å²) >= 11 is 12.0. The molecular formula is C22H20Cl2N2O3S. The average Bonchev–Trinajstić information content (AvgIpc) is 2.70. The lowest BCUT2D eigenvalue weighted by atomic mass is 10.1. The number of aryl methyl sites for hydroxylation is 1. The summed E-state index contributed by atoms with van der Waals surface area (Å²) in [6.07, 6.45) is 0.170. The van der Waals surface area contributed by atoms with Crippen LogP contribution in [0, 0.1) is 6.92 Å². The summed E-state index contributed by atoms with van der Waals surface area (Å²) in [7, 11) is -3.92. The molecular weight excluding hydrogens is 443 g/mol. The SMILES string of the molecule is Cc1ccc(S(=O)(=O)NC(Cc2ccccc2)C(=O)Nc2ccc(Cl)cc2Cl)cc1. The van der Waals surface area contributed by atoms with Crippen LogP contribution in [-0.4, -0.2) is 20.4 Å². The molecule has 0 aliphatic carbocycles. The number of nitrogens with one attached hydrogen (secondary N) is 2. The zero-order valence-electron chi connectivity index (χ0n) is 16.1. The zero-order chi connectivity index (χ0) is 21.7. The summed E-state index contributed by atoms with van der Waals surface area (Å²) in [5, 5.41) is 3.37. The number of benzene rings is 3. The van der Waals surface area contributed by atoms with Crippen molar-refractivity contribution >= 4 is 44.8 Å². The molecule has 3 aromatic rings. The van der Waals surface area contributed by atoms with Crippen LogP contribution < -0.4 is 10.0 Å². The van der Waals surface area contributed by atoms with Crippen molar-refractivity contribution in [2.75, 3.05) is 5.32 Å². The monoisotopic (exact) mass is 462 g/mol. The first-order valence-electron chi connectivity index (χ1n) is 9.13. The van der Waals surface area contributed by atoms with E-state index >= 15 is 0 Å². The zero-order valence-corrected chi connectivity index (χ0v) is 18.4. The Morgan fingerprint density at radius 1 is 0.967 bits per heavy atom. The van der Waals surface area contributed by atoms with Gasteiger partial charge in [0.15, 0.2) is 0 Å². The number of amides is 1. The van der Waals surface area contributed by atoms with Crippen LogP contribution in [0.25, 0.3) is 0 Å². The first kappa shape index (κ1) is 22.3. The van der Waals surface area contributed by atoms with Gasteiger partial charge < -0.3 is 5.32 Å². The Kier molecular flexibility index (Phi) is 7.15. The van der Waals surface area contributed by atoms with Crippen LogP contribution in [0.4, 0.5) is 5.69 Å². The van der Waals surface area contributed by atoms with Gasteiger partial charge in [-0.3, -0.25) is 4.79 Å². The van der Waals surface area contributed by atoms with Crippen LogP contribution in [-0.2, 0) is 21.2 Å². The smallest absolute Gasteiger partial charge is 0.242 e. The largest absolute Gasteiger partial charge is 0.323 e. The Labute approximate surface area is 186 Å². The Morgan fingerprint density at radius 3 is 2.27 bits per heavy atom. The highest BCUT2D eigenvalue weighted by atomic mass is 35.5. The van der Waals surface area contributed by atoms with E-state index in [0.717, 1.165) is 11.1 Å². The maximum atomic E-state index is 13.0. The maximum absolute atomic E-state index is 13.0. The minimum atomic E-state index is -3.92.